The van der Waals surface area contributed by atoms with Crippen molar-refractivity contribution in [1.82, 2.24) is 0 Å². The third kappa shape index (κ3) is 40.1. The molecule has 0 aromatic heterocycles. The van der Waals surface area contributed by atoms with Gasteiger partial charge in [0.15, 0.2) is 12.6 Å². The van der Waals surface area contributed by atoms with E-state index in [1.54, 1.807) is 0 Å². The molecule has 2 aliphatic heterocycles. The van der Waals surface area contributed by atoms with Gasteiger partial charge in [0.25, 0.3) is 0 Å². The van der Waals surface area contributed by atoms with Gasteiger partial charge in [-0.15, -0.1) is 0 Å². The molecule has 11 unspecified atom stereocenters. The number of carbonyl (C=O) groups is 1. The van der Waals surface area contributed by atoms with Crippen LogP contribution in [0, 0.1) is 0 Å². The maximum absolute atomic E-state index is 13.1. The van der Waals surface area contributed by atoms with Gasteiger partial charge >= 0.3 is 5.97 Å². The summed E-state index contributed by atoms with van der Waals surface area (Å²) in [6.45, 7) is 3.47. The number of esters is 1. The van der Waals surface area contributed by atoms with Crippen LogP contribution >= 0.6 is 0 Å². The lowest BCUT2D eigenvalue weighted by Gasteiger charge is -2.42. The van der Waals surface area contributed by atoms with Crippen molar-refractivity contribution in [2.24, 2.45) is 0 Å². The van der Waals surface area contributed by atoms with Crippen LogP contribution in [-0.4, -0.2) is 142 Å². The van der Waals surface area contributed by atoms with Gasteiger partial charge in [0.1, 0.15) is 54.9 Å². The van der Waals surface area contributed by atoms with Gasteiger partial charge in [-0.05, 0) is 89.9 Å². The summed E-state index contributed by atoms with van der Waals surface area (Å²) in [7, 11) is 0. The lowest BCUT2D eigenvalue weighted by Crippen LogP contribution is -2.61. The molecule has 2 aliphatic rings. The van der Waals surface area contributed by atoms with E-state index in [9.17, 15) is 40.5 Å². The molecular formula is C69H118O14. The molecule has 14 nitrogen and oxygen atoms in total. The van der Waals surface area contributed by atoms with E-state index >= 15 is 0 Å². The van der Waals surface area contributed by atoms with Crippen molar-refractivity contribution < 1.29 is 69.0 Å². The average molecular weight is 1170 g/mol. The predicted molar refractivity (Wildman–Crippen MR) is 334 cm³/mol. The number of unbranched alkanes of at least 4 members (excludes halogenated alkanes) is 23. The van der Waals surface area contributed by atoms with Gasteiger partial charge in [-0.2, -0.15) is 0 Å². The van der Waals surface area contributed by atoms with Crippen molar-refractivity contribution in [2.75, 3.05) is 33.0 Å². The van der Waals surface area contributed by atoms with Gasteiger partial charge in [0.05, 0.1) is 26.4 Å². The Morgan fingerprint density at radius 3 is 1.17 bits per heavy atom. The van der Waals surface area contributed by atoms with Crippen molar-refractivity contribution in [3.63, 3.8) is 0 Å². The zero-order valence-electron chi connectivity index (χ0n) is 51.7. The summed E-state index contributed by atoms with van der Waals surface area (Å²) in [5, 5.41) is 72.6. The fourth-order valence-corrected chi connectivity index (χ4v) is 9.92. The number of carbonyl (C=O) groups excluding carboxylic acids is 1. The van der Waals surface area contributed by atoms with Gasteiger partial charge in [0, 0.05) is 13.0 Å². The third-order valence-electron chi connectivity index (χ3n) is 15.1. The summed E-state index contributed by atoms with van der Waals surface area (Å²) in [5.74, 6) is -0.381. The van der Waals surface area contributed by atoms with E-state index in [2.05, 4.69) is 111 Å². The van der Waals surface area contributed by atoms with Crippen molar-refractivity contribution in [3.8, 4) is 0 Å². The molecule has 0 aromatic carbocycles. The smallest absolute Gasteiger partial charge is 0.306 e. The van der Waals surface area contributed by atoms with E-state index in [0.717, 1.165) is 103 Å². The standard InChI is InChI=1S/C69H118O14/c1-3-5-7-9-11-13-15-17-19-21-23-25-27-29-30-32-34-36-38-40-42-44-46-48-50-52-61(71)81-58(56-79-68-67(77)65(75)63(73)60(83-68)57-80-69-66(76)64(74)62(72)59(54-70)82-69)55-78-53-51-49-47-45-43-41-39-37-35-33-31-28-26-24-22-20-18-16-14-12-10-8-6-4-2/h5-8,11-14,17-20,23-26,58-60,62-70,72-77H,3-4,9-10,15-16,21-22,27-57H2,1-2H3/b7-5-,8-6-,13-11-,14-12-,19-17-,20-18-,25-23-,26-24-. The highest BCUT2D eigenvalue weighted by atomic mass is 16.7. The highest BCUT2D eigenvalue weighted by Gasteiger charge is 2.47. The highest BCUT2D eigenvalue weighted by Crippen LogP contribution is 2.27. The van der Waals surface area contributed by atoms with Crippen LogP contribution in [0.2, 0.25) is 0 Å². The Kier molecular flexibility index (Phi) is 49.7. The molecule has 0 radical (unpaired) electrons. The number of hydrogen-bond donors (Lipinski definition) is 7. The van der Waals surface area contributed by atoms with E-state index < -0.39 is 80.7 Å². The second-order valence-electron chi connectivity index (χ2n) is 22.5. The molecular weight excluding hydrogens is 1050 g/mol. The summed E-state index contributed by atoms with van der Waals surface area (Å²) in [6.07, 6.45) is 57.5. The lowest BCUT2D eigenvalue weighted by atomic mass is 9.98. The summed E-state index contributed by atoms with van der Waals surface area (Å²) >= 11 is 0. The second kappa shape index (κ2) is 54.3. The topological polar surface area (TPSA) is 214 Å². The number of hydrogen-bond acceptors (Lipinski definition) is 14. The molecule has 11 atom stereocenters. The number of allylic oxidation sites excluding steroid dienone is 16. The zero-order valence-corrected chi connectivity index (χ0v) is 51.7. The summed E-state index contributed by atoms with van der Waals surface area (Å²) in [6, 6.07) is 0. The zero-order chi connectivity index (χ0) is 60.1. The van der Waals surface area contributed by atoms with Gasteiger partial charge in [-0.3, -0.25) is 4.79 Å². The monoisotopic (exact) mass is 1170 g/mol. The second-order valence-corrected chi connectivity index (χ2v) is 22.5. The number of aliphatic hydroxyl groups excluding tert-OH is 7. The van der Waals surface area contributed by atoms with E-state index in [1.165, 1.54) is 103 Å². The third-order valence-corrected chi connectivity index (χ3v) is 15.1. The number of aliphatic hydroxyl groups is 7. The molecule has 0 spiro atoms. The Bertz CT molecular complexity index is 1740. The minimum absolute atomic E-state index is 0.0544. The molecule has 2 saturated heterocycles. The van der Waals surface area contributed by atoms with Crippen molar-refractivity contribution in [3.05, 3.63) is 97.2 Å². The molecule has 0 aliphatic carbocycles. The first-order valence-corrected chi connectivity index (χ1v) is 32.8. The van der Waals surface area contributed by atoms with Gasteiger partial charge in [0.2, 0.25) is 0 Å². The van der Waals surface area contributed by atoms with Crippen molar-refractivity contribution in [1.29, 1.82) is 0 Å². The molecule has 7 N–H and O–H groups in total. The van der Waals surface area contributed by atoms with Crippen LogP contribution in [0.25, 0.3) is 0 Å². The predicted octanol–water partition coefficient (Wildman–Crippen LogP) is 13.3. The Labute approximate surface area is 502 Å². The molecule has 2 fully saturated rings. The van der Waals surface area contributed by atoms with Crippen LogP contribution in [0.3, 0.4) is 0 Å². The normalized spacial score (nSPS) is 24.1. The van der Waals surface area contributed by atoms with E-state index in [-0.39, 0.29) is 25.6 Å². The Hall–Kier alpha value is -3.09. The van der Waals surface area contributed by atoms with Gasteiger partial charge in [-0.25, -0.2) is 0 Å². The van der Waals surface area contributed by atoms with Gasteiger partial charge < -0.3 is 64.2 Å². The quantitative estimate of drug-likeness (QED) is 0.0172. The summed E-state index contributed by atoms with van der Waals surface area (Å²) in [5.41, 5.74) is 0. The van der Waals surface area contributed by atoms with Crippen LogP contribution in [0.15, 0.2) is 97.2 Å². The highest BCUT2D eigenvalue weighted by molar-refractivity contribution is 5.69. The molecule has 0 bridgehead atoms. The summed E-state index contributed by atoms with van der Waals surface area (Å²) in [4.78, 5) is 13.1. The number of ether oxygens (including phenoxy) is 6. The molecule has 0 amide bonds. The molecule has 14 heteroatoms. The van der Waals surface area contributed by atoms with Crippen LogP contribution < -0.4 is 0 Å². The summed E-state index contributed by atoms with van der Waals surface area (Å²) < 4.78 is 34.5. The Balaban J connectivity index is 1.66. The van der Waals surface area contributed by atoms with Crippen LogP contribution in [0.5, 0.6) is 0 Å². The maximum Gasteiger partial charge on any atom is 0.306 e. The average Bonchev–Trinajstić information content (AvgIpc) is 3.67. The molecule has 2 rings (SSSR count). The fourth-order valence-electron chi connectivity index (χ4n) is 9.92. The largest absolute Gasteiger partial charge is 0.457 e. The first kappa shape index (κ1) is 76.0. The molecule has 478 valence electrons. The molecule has 2 heterocycles. The SMILES string of the molecule is CC/C=C\C/C=C\C/C=C\C/C=C\CCCCCCCCCCCCCCC(=O)OC(COCCCCCCCCCCCCC/C=C\C/C=C\C/C=C\C/C=C\CC)COC1OC(COC2OC(CO)C(O)C(O)C2O)C(O)C(O)C1O. The molecule has 0 aromatic rings. The van der Waals surface area contributed by atoms with E-state index in [1.807, 2.05) is 0 Å². The van der Waals surface area contributed by atoms with E-state index in [4.69, 9.17) is 28.4 Å². The number of rotatable bonds is 53. The minimum Gasteiger partial charge on any atom is -0.457 e. The Morgan fingerprint density at radius 2 is 0.747 bits per heavy atom. The van der Waals surface area contributed by atoms with Crippen LogP contribution in [0.4, 0.5) is 0 Å². The lowest BCUT2D eigenvalue weighted by molar-refractivity contribution is -0.332. The maximum atomic E-state index is 13.1. The fraction of sp³-hybridized carbons (Fsp3) is 0.754. The van der Waals surface area contributed by atoms with E-state index in [0.29, 0.717) is 13.0 Å². The van der Waals surface area contributed by atoms with Crippen molar-refractivity contribution >= 4 is 5.97 Å². The van der Waals surface area contributed by atoms with Crippen LogP contribution in [-0.2, 0) is 33.2 Å². The first-order chi connectivity index (χ1) is 40.6. The first-order valence-electron chi connectivity index (χ1n) is 32.8. The minimum atomic E-state index is -1.71. The van der Waals surface area contributed by atoms with Gasteiger partial charge in [-0.1, -0.05) is 233 Å². The van der Waals surface area contributed by atoms with Crippen molar-refractivity contribution in [2.45, 2.75) is 300 Å². The molecule has 0 saturated carbocycles. The van der Waals surface area contributed by atoms with Crippen LogP contribution in [0.1, 0.15) is 232 Å². The Morgan fingerprint density at radius 1 is 0.398 bits per heavy atom. The molecule has 83 heavy (non-hydrogen) atoms.